The molecule has 0 heterocycles. The topological polar surface area (TPSA) is 158 Å². The molecule has 0 aromatic heterocycles. The Morgan fingerprint density at radius 3 is 1.47 bits per heavy atom. The molecule has 8 nitrogen and oxygen atoms in total. The van der Waals surface area contributed by atoms with Gasteiger partial charge in [0, 0.05) is 0 Å². The molecule has 0 aromatic rings. The van der Waals surface area contributed by atoms with Gasteiger partial charge in [0.1, 0.15) is 18.3 Å². The summed E-state index contributed by atoms with van der Waals surface area (Å²) < 4.78 is 0. The Bertz CT molecular complexity index is 218. The molecule has 4 unspecified atom stereocenters. The molecule has 90 valence electrons. The van der Waals surface area contributed by atoms with Gasteiger partial charge in [-0.2, -0.15) is 0 Å². The van der Waals surface area contributed by atoms with Crippen molar-refractivity contribution in [1.29, 1.82) is 0 Å². The van der Waals surface area contributed by atoms with Gasteiger partial charge in [-0.25, -0.2) is 4.79 Å². The molecule has 0 fully saturated rings. The maximum atomic E-state index is 10.1. The molecule has 0 rings (SSSR count). The van der Waals surface area contributed by atoms with Crippen molar-refractivity contribution >= 4 is 11.9 Å². The molecule has 0 radical (unpaired) electrons. The second-order valence-electron chi connectivity index (χ2n) is 2.53. The van der Waals surface area contributed by atoms with E-state index in [0.717, 1.165) is 0 Å². The van der Waals surface area contributed by atoms with Gasteiger partial charge in [-0.15, -0.1) is 0 Å². The van der Waals surface area contributed by atoms with Crippen LogP contribution in [-0.2, 0) is 9.59 Å². The third-order valence-electron chi connectivity index (χ3n) is 1.49. The number of carboxylic acids is 2. The summed E-state index contributed by atoms with van der Waals surface area (Å²) in [4.78, 5) is 20.0. The predicted octanol–water partition coefficient (Wildman–Crippen LogP) is -13.7. The van der Waals surface area contributed by atoms with Crippen molar-refractivity contribution in [2.75, 3.05) is 0 Å². The molecule has 0 aliphatic heterocycles. The first-order valence-electron chi connectivity index (χ1n) is 3.45. The number of carbonyl (C=O) groups excluding carboxylic acids is 1. The van der Waals surface area contributed by atoms with Crippen molar-refractivity contribution in [2.45, 2.75) is 24.4 Å². The number of halogens is 1. The van der Waals surface area contributed by atoms with E-state index in [1.807, 2.05) is 0 Å². The first-order chi connectivity index (χ1) is 6.29. The van der Waals surface area contributed by atoms with E-state index >= 15 is 0 Å². The summed E-state index contributed by atoms with van der Waals surface area (Å²) >= 11 is 0. The summed E-state index contributed by atoms with van der Waals surface area (Å²) in [6.45, 7) is 0. The van der Waals surface area contributed by atoms with Crippen molar-refractivity contribution < 1.29 is 134 Å². The number of hydrogen-bond donors (Lipinski definition) is 5. The third-order valence-corrected chi connectivity index (χ3v) is 1.49. The predicted molar refractivity (Wildman–Crippen MR) is 36.7 cm³/mol. The molecule has 4 atom stereocenters. The Morgan fingerprint density at radius 1 is 0.941 bits per heavy atom. The molecule has 5 N–H and O–H groups in total. The molecule has 0 aromatic carbocycles. The summed E-state index contributed by atoms with van der Waals surface area (Å²) in [5.74, 6) is -3.95. The van der Waals surface area contributed by atoms with Crippen LogP contribution in [0, 0.1) is 0 Å². The van der Waals surface area contributed by atoms with E-state index in [2.05, 4.69) is 0 Å². The Labute approximate surface area is 167 Å². The first kappa shape index (κ1) is 27.1. The molecule has 0 spiro atoms. The van der Waals surface area contributed by atoms with Crippen LogP contribution in [0.4, 0.5) is 0 Å². The molecule has 11 heteroatoms. The molecule has 17 heavy (non-hydrogen) atoms. The quantitative estimate of drug-likeness (QED) is 0.313. The van der Waals surface area contributed by atoms with Gasteiger partial charge in [0.05, 0.1) is 5.97 Å². The van der Waals surface area contributed by atoms with Crippen molar-refractivity contribution in [3.8, 4) is 0 Å². The Kier molecular flexibility index (Phi) is 20.3. The summed E-state index contributed by atoms with van der Waals surface area (Å²) in [6.07, 6.45) is -9.52. The summed E-state index contributed by atoms with van der Waals surface area (Å²) in [7, 11) is 0. The van der Waals surface area contributed by atoms with Gasteiger partial charge in [-0.05, 0) is 0 Å². The molecular weight excluding hydrogens is 298 g/mol. The zero-order valence-electron chi connectivity index (χ0n) is 9.15. The molecule has 0 saturated carbocycles. The van der Waals surface area contributed by atoms with E-state index in [4.69, 9.17) is 25.5 Å². The monoisotopic (exact) mass is 306 g/mol. The number of carboxylic acid groups (broad SMARTS) is 2. The minimum absolute atomic E-state index is 0. The minimum Gasteiger partial charge on any atom is -1.00 e. The summed E-state index contributed by atoms with van der Waals surface area (Å²) in [5, 5.41) is 53.1. The number of carbonyl (C=O) groups is 2. The zero-order chi connectivity index (χ0) is 11.5. The van der Waals surface area contributed by atoms with Crippen LogP contribution >= 0.6 is 0 Å². The SMILES string of the molecule is O=C([O-])C(O)C(O)C(O)C(O)C(=O)O.[Cl-].[K+].[Na+]. The van der Waals surface area contributed by atoms with Crippen molar-refractivity contribution in [1.82, 2.24) is 0 Å². The first-order valence-corrected chi connectivity index (χ1v) is 3.45. The van der Waals surface area contributed by atoms with Gasteiger partial charge in [0.2, 0.25) is 0 Å². The molecule has 0 aliphatic carbocycles. The fourth-order valence-electron chi connectivity index (χ4n) is 0.659. The van der Waals surface area contributed by atoms with Gasteiger partial charge in [-0.3, -0.25) is 0 Å². The van der Waals surface area contributed by atoms with Crippen LogP contribution in [0.1, 0.15) is 0 Å². The number of hydrogen-bond acceptors (Lipinski definition) is 7. The number of aliphatic hydroxyl groups excluding tert-OH is 4. The fourth-order valence-corrected chi connectivity index (χ4v) is 0.659. The number of aliphatic hydroxyl groups is 4. The van der Waals surface area contributed by atoms with Crippen LogP contribution in [-0.4, -0.2) is 61.9 Å². The van der Waals surface area contributed by atoms with Crippen LogP contribution in [0.5, 0.6) is 0 Å². The zero-order valence-corrected chi connectivity index (χ0v) is 15.0. The van der Waals surface area contributed by atoms with Crippen molar-refractivity contribution in [2.24, 2.45) is 0 Å². The molecular formula is C6H9ClKNaO8. The van der Waals surface area contributed by atoms with Gasteiger partial charge in [0.15, 0.2) is 6.10 Å². The number of rotatable bonds is 5. The van der Waals surface area contributed by atoms with E-state index in [9.17, 15) is 14.7 Å². The van der Waals surface area contributed by atoms with E-state index in [-0.39, 0.29) is 93.3 Å². The summed E-state index contributed by atoms with van der Waals surface area (Å²) in [6, 6.07) is 0. The van der Waals surface area contributed by atoms with Gasteiger partial charge in [0.25, 0.3) is 0 Å². The number of aliphatic carboxylic acids is 2. The standard InChI is InChI=1S/C6H10O8.ClH.K.Na/c7-1(3(9)5(11)12)2(8)4(10)6(13)14;;;/h1-4,7-10H,(H,11,12)(H,13,14);1H;;/q;;2*+1/p-2. The van der Waals surface area contributed by atoms with Crippen LogP contribution in [0.25, 0.3) is 0 Å². The fraction of sp³-hybridized carbons (Fsp3) is 0.667. The minimum atomic E-state index is -2.47. The smallest absolute Gasteiger partial charge is 1.00 e. The van der Waals surface area contributed by atoms with Crippen LogP contribution in [0.3, 0.4) is 0 Å². The average molecular weight is 307 g/mol. The van der Waals surface area contributed by atoms with E-state index in [1.165, 1.54) is 0 Å². The second-order valence-corrected chi connectivity index (χ2v) is 2.53. The maximum Gasteiger partial charge on any atom is 1.00 e. The van der Waals surface area contributed by atoms with E-state index in [0.29, 0.717) is 0 Å². The van der Waals surface area contributed by atoms with E-state index < -0.39 is 36.4 Å². The van der Waals surface area contributed by atoms with Crippen LogP contribution in [0.2, 0.25) is 0 Å². The van der Waals surface area contributed by atoms with Crippen LogP contribution < -0.4 is 98.5 Å². The second kappa shape index (κ2) is 12.7. The third kappa shape index (κ3) is 9.27. The van der Waals surface area contributed by atoms with E-state index in [1.54, 1.807) is 0 Å². The molecule has 0 aliphatic rings. The molecule has 0 bridgehead atoms. The van der Waals surface area contributed by atoms with Gasteiger partial charge in [-0.1, -0.05) is 0 Å². The van der Waals surface area contributed by atoms with Gasteiger partial charge >= 0.3 is 86.9 Å². The Hall–Kier alpha value is 1.71. The Morgan fingerprint density at radius 2 is 1.24 bits per heavy atom. The molecule has 0 amide bonds. The Balaban J connectivity index is -0.000000282. The summed E-state index contributed by atoms with van der Waals surface area (Å²) in [5.41, 5.74) is 0. The maximum absolute atomic E-state index is 10.1. The van der Waals surface area contributed by atoms with Crippen molar-refractivity contribution in [3.63, 3.8) is 0 Å². The normalized spacial score (nSPS) is 16.0. The average Bonchev–Trinajstić information content (AvgIpc) is 2.12. The molecule has 0 saturated heterocycles. The van der Waals surface area contributed by atoms with Crippen LogP contribution in [0.15, 0.2) is 0 Å². The largest absolute Gasteiger partial charge is 1.00 e. The van der Waals surface area contributed by atoms with Gasteiger partial charge < -0.3 is 47.8 Å². The van der Waals surface area contributed by atoms with Crippen molar-refractivity contribution in [3.05, 3.63) is 0 Å².